The average molecular weight is 324 g/mol. The largest absolute Gasteiger partial charge is 0.484 e. The SMILES string of the molecule is CN1C(=O)Cc2cc(CCNC(=O)COc3ccccc3)ccc21. The van der Waals surface area contributed by atoms with Crippen LogP contribution in [0.2, 0.25) is 0 Å². The van der Waals surface area contributed by atoms with Gasteiger partial charge in [0.25, 0.3) is 5.91 Å². The van der Waals surface area contributed by atoms with Gasteiger partial charge in [0.05, 0.1) is 6.42 Å². The Labute approximate surface area is 141 Å². The quantitative estimate of drug-likeness (QED) is 0.883. The summed E-state index contributed by atoms with van der Waals surface area (Å²) in [6.45, 7) is 0.549. The minimum atomic E-state index is -0.144. The standard InChI is InChI=1S/C19H20N2O3/c1-21-17-8-7-14(11-15(17)12-19(21)23)9-10-20-18(22)13-24-16-5-3-2-4-6-16/h2-8,11H,9-10,12-13H2,1H3,(H,20,22). The number of para-hydroxylation sites is 1. The van der Waals surface area contributed by atoms with Crippen molar-refractivity contribution >= 4 is 17.5 Å². The number of rotatable bonds is 6. The molecule has 0 radical (unpaired) electrons. The molecular weight excluding hydrogens is 304 g/mol. The first-order valence-corrected chi connectivity index (χ1v) is 7.96. The van der Waals surface area contributed by atoms with Crippen LogP contribution in [-0.4, -0.2) is 32.0 Å². The molecule has 0 fully saturated rings. The Morgan fingerprint density at radius 2 is 2.00 bits per heavy atom. The molecule has 5 heteroatoms. The zero-order valence-electron chi connectivity index (χ0n) is 13.6. The minimum absolute atomic E-state index is 0.00744. The number of hydrogen-bond donors (Lipinski definition) is 1. The predicted octanol–water partition coefficient (Wildman–Crippen LogP) is 1.94. The molecule has 0 spiro atoms. The predicted molar refractivity (Wildman–Crippen MR) is 92.2 cm³/mol. The Morgan fingerprint density at radius 1 is 1.21 bits per heavy atom. The van der Waals surface area contributed by atoms with Gasteiger partial charge in [0.1, 0.15) is 5.75 Å². The molecule has 0 saturated heterocycles. The molecule has 1 heterocycles. The number of amides is 2. The van der Waals surface area contributed by atoms with Crippen LogP contribution in [0.15, 0.2) is 48.5 Å². The Hall–Kier alpha value is -2.82. The molecule has 2 aromatic carbocycles. The van der Waals surface area contributed by atoms with E-state index in [0.717, 1.165) is 23.2 Å². The van der Waals surface area contributed by atoms with E-state index in [1.807, 2.05) is 48.5 Å². The number of benzene rings is 2. The first-order valence-electron chi connectivity index (χ1n) is 7.96. The van der Waals surface area contributed by atoms with E-state index in [1.165, 1.54) is 0 Å². The topological polar surface area (TPSA) is 58.6 Å². The van der Waals surface area contributed by atoms with E-state index in [9.17, 15) is 9.59 Å². The van der Waals surface area contributed by atoms with E-state index in [1.54, 1.807) is 11.9 Å². The highest BCUT2D eigenvalue weighted by atomic mass is 16.5. The van der Waals surface area contributed by atoms with Crippen molar-refractivity contribution in [2.45, 2.75) is 12.8 Å². The van der Waals surface area contributed by atoms with Gasteiger partial charge in [-0.2, -0.15) is 0 Å². The number of fused-ring (bicyclic) bond motifs is 1. The molecule has 3 rings (SSSR count). The summed E-state index contributed by atoms with van der Waals surface area (Å²) in [5.74, 6) is 0.656. The number of anilines is 1. The molecule has 0 aromatic heterocycles. The van der Waals surface area contributed by atoms with Gasteiger partial charge >= 0.3 is 0 Å². The smallest absolute Gasteiger partial charge is 0.257 e. The van der Waals surface area contributed by atoms with E-state index in [2.05, 4.69) is 5.32 Å². The Balaban J connectivity index is 1.44. The van der Waals surface area contributed by atoms with E-state index < -0.39 is 0 Å². The highest BCUT2D eigenvalue weighted by Gasteiger charge is 2.23. The van der Waals surface area contributed by atoms with Gasteiger partial charge in [-0.1, -0.05) is 30.3 Å². The lowest BCUT2D eigenvalue weighted by Crippen LogP contribution is -2.30. The van der Waals surface area contributed by atoms with Crippen LogP contribution in [0.5, 0.6) is 5.75 Å². The second-order valence-corrected chi connectivity index (χ2v) is 5.79. The van der Waals surface area contributed by atoms with Gasteiger partial charge < -0.3 is 15.0 Å². The van der Waals surface area contributed by atoms with Gasteiger partial charge in [-0.25, -0.2) is 0 Å². The van der Waals surface area contributed by atoms with E-state index in [0.29, 0.717) is 18.7 Å². The second kappa shape index (κ2) is 7.17. The number of hydrogen-bond acceptors (Lipinski definition) is 3. The summed E-state index contributed by atoms with van der Waals surface area (Å²) >= 11 is 0. The molecule has 5 nitrogen and oxygen atoms in total. The molecule has 2 amide bonds. The van der Waals surface area contributed by atoms with Crippen LogP contribution in [0.3, 0.4) is 0 Å². The highest BCUT2D eigenvalue weighted by Crippen LogP contribution is 2.28. The molecule has 2 aromatic rings. The minimum Gasteiger partial charge on any atom is -0.484 e. The van der Waals surface area contributed by atoms with Crippen molar-refractivity contribution in [2.24, 2.45) is 0 Å². The van der Waals surface area contributed by atoms with Gasteiger partial charge in [0, 0.05) is 19.3 Å². The number of nitrogens with one attached hydrogen (secondary N) is 1. The first-order chi connectivity index (χ1) is 11.6. The third-order valence-electron chi connectivity index (χ3n) is 4.07. The van der Waals surface area contributed by atoms with Crippen molar-refractivity contribution in [3.8, 4) is 5.75 Å². The normalized spacial score (nSPS) is 12.9. The second-order valence-electron chi connectivity index (χ2n) is 5.79. The van der Waals surface area contributed by atoms with Gasteiger partial charge in [-0.3, -0.25) is 9.59 Å². The van der Waals surface area contributed by atoms with E-state index in [-0.39, 0.29) is 18.4 Å². The van der Waals surface area contributed by atoms with Crippen LogP contribution in [0, 0.1) is 0 Å². The maximum absolute atomic E-state index is 11.8. The van der Waals surface area contributed by atoms with Crippen molar-refractivity contribution in [1.82, 2.24) is 5.32 Å². The van der Waals surface area contributed by atoms with Crippen LogP contribution in [0.25, 0.3) is 0 Å². The molecule has 0 saturated carbocycles. The molecule has 0 bridgehead atoms. The zero-order valence-corrected chi connectivity index (χ0v) is 13.6. The van der Waals surface area contributed by atoms with E-state index in [4.69, 9.17) is 4.74 Å². The third kappa shape index (κ3) is 3.74. The zero-order chi connectivity index (χ0) is 16.9. The van der Waals surface area contributed by atoms with Crippen molar-refractivity contribution in [3.63, 3.8) is 0 Å². The molecule has 1 N–H and O–H groups in total. The van der Waals surface area contributed by atoms with Crippen molar-refractivity contribution < 1.29 is 14.3 Å². The summed E-state index contributed by atoms with van der Waals surface area (Å²) in [5, 5.41) is 2.85. The van der Waals surface area contributed by atoms with Gasteiger partial charge in [-0.05, 0) is 35.7 Å². The molecule has 24 heavy (non-hydrogen) atoms. The summed E-state index contributed by atoms with van der Waals surface area (Å²) < 4.78 is 5.40. The number of carbonyl (C=O) groups excluding carboxylic acids is 2. The maximum atomic E-state index is 11.8. The van der Waals surface area contributed by atoms with Gasteiger partial charge in [0.2, 0.25) is 5.91 Å². The monoisotopic (exact) mass is 324 g/mol. The molecule has 0 atom stereocenters. The Morgan fingerprint density at radius 3 is 2.79 bits per heavy atom. The molecule has 1 aliphatic rings. The lowest BCUT2D eigenvalue weighted by Gasteiger charge is -2.11. The van der Waals surface area contributed by atoms with E-state index >= 15 is 0 Å². The molecule has 1 aliphatic heterocycles. The fourth-order valence-electron chi connectivity index (χ4n) is 2.74. The van der Waals surface area contributed by atoms with Crippen molar-refractivity contribution in [3.05, 3.63) is 59.7 Å². The first kappa shape index (κ1) is 16.1. The summed E-state index contributed by atoms with van der Waals surface area (Å²) in [4.78, 5) is 25.2. The summed E-state index contributed by atoms with van der Waals surface area (Å²) in [6, 6.07) is 15.3. The Bertz CT molecular complexity index is 744. The van der Waals surface area contributed by atoms with Crippen LogP contribution in [-0.2, 0) is 22.4 Å². The summed E-state index contributed by atoms with van der Waals surface area (Å²) in [6.07, 6.45) is 1.18. The van der Waals surface area contributed by atoms with Crippen LogP contribution in [0.4, 0.5) is 5.69 Å². The summed E-state index contributed by atoms with van der Waals surface area (Å²) in [5.41, 5.74) is 3.14. The van der Waals surface area contributed by atoms with Crippen molar-refractivity contribution in [2.75, 3.05) is 25.1 Å². The molecule has 0 unspecified atom stereocenters. The van der Waals surface area contributed by atoms with Crippen LogP contribution in [0.1, 0.15) is 11.1 Å². The van der Waals surface area contributed by atoms with Crippen LogP contribution >= 0.6 is 0 Å². The average Bonchev–Trinajstić information content (AvgIpc) is 2.88. The number of likely N-dealkylation sites (N-methyl/N-ethyl adjacent to an activating group) is 1. The molecular formula is C19H20N2O3. The van der Waals surface area contributed by atoms with Crippen molar-refractivity contribution in [1.29, 1.82) is 0 Å². The Kier molecular flexibility index (Phi) is 4.79. The molecule has 0 aliphatic carbocycles. The number of nitrogens with zero attached hydrogens (tertiary/aromatic N) is 1. The van der Waals surface area contributed by atoms with Crippen LogP contribution < -0.4 is 15.0 Å². The third-order valence-corrected chi connectivity index (χ3v) is 4.07. The highest BCUT2D eigenvalue weighted by molar-refractivity contribution is 6.00. The lowest BCUT2D eigenvalue weighted by atomic mass is 10.1. The molecule has 124 valence electrons. The lowest BCUT2D eigenvalue weighted by molar-refractivity contribution is -0.123. The van der Waals surface area contributed by atoms with Gasteiger partial charge in [-0.15, -0.1) is 0 Å². The fraction of sp³-hybridized carbons (Fsp3) is 0.263. The number of ether oxygens (including phenoxy) is 1. The summed E-state index contributed by atoms with van der Waals surface area (Å²) in [7, 11) is 1.79. The number of carbonyl (C=O) groups is 2. The van der Waals surface area contributed by atoms with Gasteiger partial charge in [0.15, 0.2) is 6.61 Å². The fourth-order valence-corrected chi connectivity index (χ4v) is 2.74. The maximum Gasteiger partial charge on any atom is 0.257 e.